The van der Waals surface area contributed by atoms with Gasteiger partial charge in [0.2, 0.25) is 5.91 Å². The van der Waals surface area contributed by atoms with Crippen LogP contribution in [0, 0.1) is 5.82 Å². The lowest BCUT2D eigenvalue weighted by Crippen LogP contribution is -2.29. The summed E-state index contributed by atoms with van der Waals surface area (Å²) in [4.78, 5) is 17.0. The Labute approximate surface area is 121 Å². The van der Waals surface area contributed by atoms with Crippen LogP contribution in [-0.2, 0) is 18.3 Å². The maximum Gasteiger partial charge on any atom is 0.232 e. The number of amides is 1. The van der Waals surface area contributed by atoms with Crippen molar-refractivity contribution in [3.63, 3.8) is 0 Å². The summed E-state index contributed by atoms with van der Waals surface area (Å²) in [6.07, 6.45) is 3.59. The quantitative estimate of drug-likeness (QED) is 0.803. The fourth-order valence-electron chi connectivity index (χ4n) is 2.40. The summed E-state index contributed by atoms with van der Waals surface area (Å²) in [5.41, 5.74) is 1.60. The van der Waals surface area contributed by atoms with Crippen molar-refractivity contribution in [3.05, 3.63) is 48.0 Å². The highest BCUT2D eigenvalue weighted by Gasteiger charge is 2.16. The summed E-state index contributed by atoms with van der Waals surface area (Å²) in [7, 11) is 3.48. The molecule has 0 aliphatic carbocycles. The number of nitrogens with one attached hydrogen (secondary N) is 1. The topological polar surface area (TPSA) is 53.9 Å². The number of carbonyl (C=O) groups is 1. The van der Waals surface area contributed by atoms with Gasteiger partial charge in [-0.2, -0.15) is 5.10 Å². The van der Waals surface area contributed by atoms with E-state index >= 15 is 0 Å². The minimum Gasteiger partial charge on any atom is -0.361 e. The number of aromatic nitrogens is 3. The fraction of sp³-hybridized carbons (Fsp3) is 0.200. The van der Waals surface area contributed by atoms with E-state index in [1.165, 1.54) is 12.1 Å². The van der Waals surface area contributed by atoms with E-state index in [4.69, 9.17) is 0 Å². The molecule has 0 atom stereocenters. The second-order valence-electron chi connectivity index (χ2n) is 4.95. The molecule has 2 aromatic heterocycles. The van der Waals surface area contributed by atoms with E-state index in [1.807, 2.05) is 0 Å². The normalized spacial score (nSPS) is 11.0. The molecule has 108 valence electrons. The Balaban J connectivity index is 1.86. The Bertz CT molecular complexity index is 805. The Hall–Kier alpha value is -2.63. The first-order valence-electron chi connectivity index (χ1n) is 6.56. The number of hydrogen-bond acceptors (Lipinski definition) is 2. The van der Waals surface area contributed by atoms with Crippen molar-refractivity contribution in [2.45, 2.75) is 6.42 Å². The van der Waals surface area contributed by atoms with Crippen molar-refractivity contribution >= 4 is 22.6 Å². The second kappa shape index (κ2) is 5.05. The van der Waals surface area contributed by atoms with Crippen molar-refractivity contribution < 1.29 is 9.18 Å². The zero-order chi connectivity index (χ0) is 15.0. The Morgan fingerprint density at radius 2 is 2.24 bits per heavy atom. The van der Waals surface area contributed by atoms with Gasteiger partial charge in [0.1, 0.15) is 11.6 Å². The number of anilines is 1. The van der Waals surface area contributed by atoms with Crippen LogP contribution in [-0.4, -0.2) is 27.7 Å². The second-order valence-corrected chi connectivity index (χ2v) is 4.95. The highest BCUT2D eigenvalue weighted by molar-refractivity contribution is 5.96. The van der Waals surface area contributed by atoms with Crippen LogP contribution in [0.3, 0.4) is 0 Å². The lowest BCUT2D eigenvalue weighted by atomic mass is 10.1. The highest BCUT2D eigenvalue weighted by Crippen LogP contribution is 2.21. The summed E-state index contributed by atoms with van der Waals surface area (Å²) in [6, 6.07) is 6.28. The predicted octanol–water partition coefficient (Wildman–Crippen LogP) is 2.25. The maximum atomic E-state index is 13.3. The number of aromatic amines is 1. The van der Waals surface area contributed by atoms with E-state index in [1.54, 1.807) is 48.2 Å². The van der Waals surface area contributed by atoms with E-state index in [0.717, 1.165) is 16.5 Å². The van der Waals surface area contributed by atoms with Crippen LogP contribution in [0.2, 0.25) is 0 Å². The molecule has 0 unspecified atom stereocenters. The maximum absolute atomic E-state index is 13.3. The van der Waals surface area contributed by atoms with Gasteiger partial charge in [0.05, 0.1) is 12.6 Å². The molecule has 0 saturated carbocycles. The van der Waals surface area contributed by atoms with E-state index < -0.39 is 0 Å². The molecule has 0 bridgehead atoms. The van der Waals surface area contributed by atoms with Gasteiger partial charge in [0.15, 0.2) is 0 Å². The number of halogens is 1. The van der Waals surface area contributed by atoms with Gasteiger partial charge < -0.3 is 4.98 Å². The van der Waals surface area contributed by atoms with Gasteiger partial charge in [-0.25, -0.2) is 4.39 Å². The van der Waals surface area contributed by atoms with Gasteiger partial charge in [0, 0.05) is 37.3 Å². The van der Waals surface area contributed by atoms with Gasteiger partial charge in [-0.3, -0.25) is 14.4 Å². The molecule has 1 aromatic carbocycles. The molecular weight excluding hydrogens is 271 g/mol. The molecule has 0 aliphatic rings. The number of carbonyl (C=O) groups excluding carboxylic acids is 1. The van der Waals surface area contributed by atoms with E-state index in [9.17, 15) is 9.18 Å². The number of benzene rings is 1. The van der Waals surface area contributed by atoms with Crippen LogP contribution in [0.25, 0.3) is 10.9 Å². The summed E-state index contributed by atoms with van der Waals surface area (Å²) in [5, 5.41) is 4.78. The molecule has 0 fully saturated rings. The summed E-state index contributed by atoms with van der Waals surface area (Å²) in [6.45, 7) is 0. The lowest BCUT2D eigenvalue weighted by molar-refractivity contribution is -0.117. The molecule has 3 aromatic rings. The van der Waals surface area contributed by atoms with Crippen LogP contribution in [0.1, 0.15) is 5.56 Å². The average Bonchev–Trinajstić information content (AvgIpc) is 3.05. The molecule has 1 amide bonds. The molecule has 6 heteroatoms. The van der Waals surface area contributed by atoms with Gasteiger partial charge in [-0.1, -0.05) is 0 Å². The van der Waals surface area contributed by atoms with Crippen molar-refractivity contribution in [2.75, 3.05) is 11.9 Å². The number of rotatable bonds is 3. The predicted molar refractivity (Wildman–Crippen MR) is 78.6 cm³/mol. The van der Waals surface area contributed by atoms with E-state index in [2.05, 4.69) is 10.1 Å². The van der Waals surface area contributed by atoms with Crippen LogP contribution in [0.4, 0.5) is 10.2 Å². The van der Waals surface area contributed by atoms with Gasteiger partial charge in [0.25, 0.3) is 0 Å². The number of H-pyrrole nitrogens is 1. The Morgan fingerprint density at radius 3 is 2.95 bits per heavy atom. The van der Waals surface area contributed by atoms with Crippen LogP contribution >= 0.6 is 0 Å². The lowest BCUT2D eigenvalue weighted by Gasteiger charge is -2.16. The summed E-state index contributed by atoms with van der Waals surface area (Å²) >= 11 is 0. The summed E-state index contributed by atoms with van der Waals surface area (Å²) in [5.74, 6) is 0.325. The summed E-state index contributed by atoms with van der Waals surface area (Å²) < 4.78 is 15.0. The van der Waals surface area contributed by atoms with Crippen molar-refractivity contribution in [2.24, 2.45) is 7.05 Å². The first kappa shape index (κ1) is 13.4. The zero-order valence-electron chi connectivity index (χ0n) is 11.8. The number of likely N-dealkylation sites (N-methyl/N-ethyl adjacent to an activating group) is 1. The smallest absolute Gasteiger partial charge is 0.232 e. The number of fused-ring (bicyclic) bond motifs is 1. The molecule has 0 spiro atoms. The molecule has 5 nitrogen and oxygen atoms in total. The van der Waals surface area contributed by atoms with E-state index in [0.29, 0.717) is 5.82 Å². The van der Waals surface area contributed by atoms with E-state index in [-0.39, 0.29) is 18.1 Å². The largest absolute Gasteiger partial charge is 0.361 e. The molecule has 0 aliphatic heterocycles. The molecule has 0 radical (unpaired) electrons. The van der Waals surface area contributed by atoms with Crippen molar-refractivity contribution in [1.82, 2.24) is 14.8 Å². The third-order valence-electron chi connectivity index (χ3n) is 3.58. The minimum atomic E-state index is -0.309. The SMILES string of the molecule is CN(C(=O)Cc1c[nH]c2ccc(F)cc12)c1ccnn1C. The van der Waals surface area contributed by atoms with Crippen LogP contribution in [0.15, 0.2) is 36.7 Å². The number of aryl methyl sites for hydroxylation is 1. The highest BCUT2D eigenvalue weighted by atomic mass is 19.1. The monoisotopic (exact) mass is 286 g/mol. The van der Waals surface area contributed by atoms with Gasteiger partial charge in [-0.05, 0) is 23.8 Å². The van der Waals surface area contributed by atoms with Crippen LogP contribution in [0.5, 0.6) is 0 Å². The van der Waals surface area contributed by atoms with Crippen molar-refractivity contribution in [1.29, 1.82) is 0 Å². The van der Waals surface area contributed by atoms with Gasteiger partial charge in [-0.15, -0.1) is 0 Å². The zero-order valence-corrected chi connectivity index (χ0v) is 11.8. The molecule has 2 heterocycles. The molecule has 0 saturated heterocycles. The fourth-order valence-corrected chi connectivity index (χ4v) is 2.40. The molecule has 3 rings (SSSR count). The third-order valence-corrected chi connectivity index (χ3v) is 3.58. The first-order chi connectivity index (χ1) is 10.1. The van der Waals surface area contributed by atoms with Gasteiger partial charge >= 0.3 is 0 Å². The standard InChI is InChI=1S/C15H15FN4O/c1-19(14-5-6-18-20(14)2)15(21)7-10-9-17-13-4-3-11(16)8-12(10)13/h3-6,8-9,17H,7H2,1-2H3. The third kappa shape index (κ3) is 2.40. The molecule has 1 N–H and O–H groups in total. The first-order valence-corrected chi connectivity index (χ1v) is 6.56. The average molecular weight is 286 g/mol. The number of hydrogen-bond donors (Lipinski definition) is 1. The minimum absolute atomic E-state index is 0.0799. The Kier molecular flexibility index (Phi) is 3.21. The Morgan fingerprint density at radius 1 is 1.43 bits per heavy atom. The van der Waals surface area contributed by atoms with Crippen LogP contribution < -0.4 is 4.90 Å². The number of nitrogens with zero attached hydrogens (tertiary/aromatic N) is 3. The molecule has 21 heavy (non-hydrogen) atoms. The van der Waals surface area contributed by atoms with Crippen molar-refractivity contribution in [3.8, 4) is 0 Å². The molecular formula is C15H15FN4O.